The van der Waals surface area contributed by atoms with Gasteiger partial charge in [-0.3, -0.25) is 0 Å². The van der Waals surface area contributed by atoms with Crippen molar-refractivity contribution < 1.29 is 0 Å². The Morgan fingerprint density at radius 1 is 1.21 bits per heavy atom. The lowest BCUT2D eigenvalue weighted by Crippen LogP contribution is -1.76. The molecule has 1 heterocycles. The summed E-state index contributed by atoms with van der Waals surface area (Å²) < 4.78 is 1.99. The third-order valence-electron chi connectivity index (χ3n) is 1.86. The SMILES string of the molecule is N#Cc1cc2c(I)ccc(C#N)c2s1. The number of nitriles is 2. The van der Waals surface area contributed by atoms with Crippen molar-refractivity contribution in [3.05, 3.63) is 32.2 Å². The molecule has 66 valence electrons. The summed E-state index contributed by atoms with van der Waals surface area (Å²) in [5.74, 6) is 0. The van der Waals surface area contributed by atoms with E-state index in [1.165, 1.54) is 11.3 Å². The topological polar surface area (TPSA) is 47.6 Å². The molecule has 0 amide bonds. The van der Waals surface area contributed by atoms with Crippen LogP contribution in [-0.2, 0) is 0 Å². The second kappa shape index (κ2) is 3.56. The van der Waals surface area contributed by atoms with Crippen molar-refractivity contribution in [3.63, 3.8) is 0 Å². The number of rotatable bonds is 0. The summed E-state index contributed by atoms with van der Waals surface area (Å²) in [7, 11) is 0. The highest BCUT2D eigenvalue weighted by Gasteiger charge is 2.08. The minimum absolute atomic E-state index is 0.645. The third kappa shape index (κ3) is 1.37. The molecule has 0 atom stereocenters. The molecule has 0 unspecified atom stereocenters. The van der Waals surface area contributed by atoms with E-state index in [1.807, 2.05) is 12.1 Å². The molecule has 0 aliphatic heterocycles. The van der Waals surface area contributed by atoms with Gasteiger partial charge in [0.2, 0.25) is 0 Å². The Morgan fingerprint density at radius 3 is 2.64 bits per heavy atom. The molecule has 1 aromatic heterocycles. The number of benzene rings is 1. The van der Waals surface area contributed by atoms with Crippen LogP contribution >= 0.6 is 33.9 Å². The van der Waals surface area contributed by atoms with E-state index in [0.717, 1.165) is 13.7 Å². The number of fused-ring (bicyclic) bond motifs is 1. The molecule has 1 aromatic carbocycles. The maximum atomic E-state index is 8.88. The first-order valence-electron chi connectivity index (χ1n) is 3.78. The van der Waals surface area contributed by atoms with Crippen molar-refractivity contribution >= 4 is 44.0 Å². The highest BCUT2D eigenvalue weighted by molar-refractivity contribution is 14.1. The second-order valence-corrected chi connectivity index (χ2v) is 4.89. The molecule has 0 bridgehead atoms. The molecule has 2 rings (SSSR count). The molecule has 0 saturated carbocycles. The van der Waals surface area contributed by atoms with E-state index in [1.54, 1.807) is 6.07 Å². The summed E-state index contributed by atoms with van der Waals surface area (Å²) in [5.41, 5.74) is 0.645. The standard InChI is InChI=1S/C10H3IN2S/c11-9-2-1-6(4-12)10-8(9)3-7(5-13)14-10/h1-3H. The fourth-order valence-corrected chi connectivity index (χ4v) is 2.97. The molecule has 2 aromatic rings. The van der Waals surface area contributed by atoms with E-state index in [0.29, 0.717) is 10.4 Å². The van der Waals surface area contributed by atoms with Crippen molar-refractivity contribution in [2.45, 2.75) is 0 Å². The Labute approximate surface area is 98.5 Å². The van der Waals surface area contributed by atoms with Crippen LogP contribution in [0.4, 0.5) is 0 Å². The number of thiophene rings is 1. The average Bonchev–Trinajstić information content (AvgIpc) is 2.63. The predicted octanol–water partition coefficient (Wildman–Crippen LogP) is 3.25. The molecule has 0 N–H and O–H groups in total. The first-order chi connectivity index (χ1) is 6.76. The molecule has 0 fully saturated rings. The van der Waals surface area contributed by atoms with E-state index < -0.39 is 0 Å². The first-order valence-corrected chi connectivity index (χ1v) is 5.68. The predicted molar refractivity (Wildman–Crippen MR) is 64.0 cm³/mol. The zero-order valence-electron chi connectivity index (χ0n) is 6.91. The Morgan fingerprint density at radius 2 is 2.00 bits per heavy atom. The molecular formula is C10H3IN2S. The van der Waals surface area contributed by atoms with Gasteiger partial charge in [0.05, 0.1) is 10.3 Å². The van der Waals surface area contributed by atoms with Gasteiger partial charge in [0.1, 0.15) is 17.0 Å². The van der Waals surface area contributed by atoms with Gasteiger partial charge in [-0.25, -0.2) is 0 Å². The monoisotopic (exact) mass is 310 g/mol. The molecular weight excluding hydrogens is 307 g/mol. The zero-order chi connectivity index (χ0) is 10.1. The van der Waals surface area contributed by atoms with E-state index in [2.05, 4.69) is 34.7 Å². The third-order valence-corrected chi connectivity index (χ3v) is 3.87. The molecule has 4 heteroatoms. The van der Waals surface area contributed by atoms with Crippen LogP contribution in [0.5, 0.6) is 0 Å². The van der Waals surface area contributed by atoms with Crippen LogP contribution in [0.3, 0.4) is 0 Å². The Bertz CT molecular complexity index is 586. The molecule has 14 heavy (non-hydrogen) atoms. The number of nitrogens with zero attached hydrogens (tertiary/aromatic N) is 2. The molecule has 2 nitrogen and oxygen atoms in total. The fraction of sp³-hybridized carbons (Fsp3) is 0. The molecule has 0 radical (unpaired) electrons. The van der Waals surface area contributed by atoms with Crippen molar-refractivity contribution in [1.82, 2.24) is 0 Å². The smallest absolute Gasteiger partial charge is 0.110 e. The van der Waals surface area contributed by atoms with Gasteiger partial charge in [0.25, 0.3) is 0 Å². The van der Waals surface area contributed by atoms with E-state index >= 15 is 0 Å². The fourth-order valence-electron chi connectivity index (χ4n) is 1.23. The quantitative estimate of drug-likeness (QED) is 0.701. The van der Waals surface area contributed by atoms with Gasteiger partial charge in [-0.1, -0.05) is 0 Å². The molecule has 0 aliphatic rings. The lowest BCUT2D eigenvalue weighted by molar-refractivity contribution is 1.51. The lowest BCUT2D eigenvalue weighted by atomic mass is 10.2. The zero-order valence-corrected chi connectivity index (χ0v) is 9.89. The largest absolute Gasteiger partial charge is 0.192 e. The highest BCUT2D eigenvalue weighted by Crippen LogP contribution is 2.31. The van der Waals surface area contributed by atoms with Crippen LogP contribution in [0.2, 0.25) is 0 Å². The Hall–Kier alpha value is -1.11. The first kappa shape index (κ1) is 9.45. The Kier molecular flexibility index (Phi) is 2.40. The van der Waals surface area contributed by atoms with Crippen LogP contribution < -0.4 is 0 Å². The van der Waals surface area contributed by atoms with Gasteiger partial charge in [0.15, 0.2) is 0 Å². The van der Waals surface area contributed by atoms with Crippen molar-refractivity contribution in [3.8, 4) is 12.1 Å². The molecule has 0 saturated heterocycles. The Balaban J connectivity index is 2.92. The van der Waals surface area contributed by atoms with Crippen LogP contribution in [0.15, 0.2) is 18.2 Å². The minimum atomic E-state index is 0.645. The van der Waals surface area contributed by atoms with E-state index in [9.17, 15) is 0 Å². The van der Waals surface area contributed by atoms with E-state index in [-0.39, 0.29) is 0 Å². The minimum Gasteiger partial charge on any atom is -0.192 e. The summed E-state index contributed by atoms with van der Waals surface area (Å²) >= 11 is 3.58. The maximum Gasteiger partial charge on any atom is 0.110 e. The van der Waals surface area contributed by atoms with Gasteiger partial charge in [0, 0.05) is 8.96 Å². The van der Waals surface area contributed by atoms with Crippen molar-refractivity contribution in [2.24, 2.45) is 0 Å². The maximum absolute atomic E-state index is 8.88. The summed E-state index contributed by atoms with van der Waals surface area (Å²) in [6.07, 6.45) is 0. The van der Waals surface area contributed by atoms with Crippen LogP contribution in [0.25, 0.3) is 10.1 Å². The van der Waals surface area contributed by atoms with Gasteiger partial charge >= 0.3 is 0 Å². The van der Waals surface area contributed by atoms with Crippen LogP contribution in [-0.4, -0.2) is 0 Å². The van der Waals surface area contributed by atoms with E-state index in [4.69, 9.17) is 10.5 Å². The molecule has 0 spiro atoms. The summed E-state index contributed by atoms with van der Waals surface area (Å²) in [5, 5.41) is 18.7. The van der Waals surface area contributed by atoms with Crippen molar-refractivity contribution in [1.29, 1.82) is 10.5 Å². The van der Waals surface area contributed by atoms with Gasteiger partial charge in [-0.05, 0) is 40.8 Å². The second-order valence-electron chi connectivity index (χ2n) is 2.67. The van der Waals surface area contributed by atoms with Crippen LogP contribution in [0.1, 0.15) is 10.4 Å². The number of halogens is 1. The highest BCUT2D eigenvalue weighted by atomic mass is 127. The lowest BCUT2D eigenvalue weighted by Gasteiger charge is -1.94. The van der Waals surface area contributed by atoms with Crippen LogP contribution in [0, 0.1) is 26.2 Å². The summed E-state index contributed by atoms with van der Waals surface area (Å²) in [6, 6.07) is 9.76. The van der Waals surface area contributed by atoms with Gasteiger partial charge in [-0.2, -0.15) is 10.5 Å². The van der Waals surface area contributed by atoms with Gasteiger partial charge in [-0.15, -0.1) is 11.3 Å². The van der Waals surface area contributed by atoms with Gasteiger partial charge < -0.3 is 0 Å². The average molecular weight is 310 g/mol. The summed E-state index contributed by atoms with van der Waals surface area (Å²) in [6.45, 7) is 0. The number of hydrogen-bond donors (Lipinski definition) is 0. The molecule has 0 aliphatic carbocycles. The van der Waals surface area contributed by atoms with Crippen molar-refractivity contribution in [2.75, 3.05) is 0 Å². The summed E-state index contributed by atoms with van der Waals surface area (Å²) in [4.78, 5) is 0.653. The normalized spacial score (nSPS) is 9.64. The number of hydrogen-bond acceptors (Lipinski definition) is 3.